The van der Waals surface area contributed by atoms with Gasteiger partial charge in [0.05, 0.1) is 31.9 Å². The van der Waals surface area contributed by atoms with Gasteiger partial charge in [0.2, 0.25) is 0 Å². The number of methoxy groups -OCH3 is 2. The zero-order chi connectivity index (χ0) is 13.0. The quantitative estimate of drug-likeness (QED) is 0.870. The smallest absolute Gasteiger partial charge is 0.127 e. The standard InChI is InChI=1S/C14H21NO3/c1-15-14(12-8-5-9-18-12)13-10(16-2)6-4-7-11(13)17-3/h4,6-7,12,14-15H,5,8-9H2,1-3H3. The molecule has 0 amide bonds. The van der Waals surface area contributed by atoms with Gasteiger partial charge in [-0.25, -0.2) is 0 Å². The molecular formula is C14H21NO3. The van der Waals surface area contributed by atoms with Gasteiger partial charge in [-0.05, 0) is 32.0 Å². The summed E-state index contributed by atoms with van der Waals surface area (Å²) < 4.78 is 16.7. The Bertz CT molecular complexity index is 366. The maximum atomic E-state index is 5.79. The maximum absolute atomic E-state index is 5.79. The third-order valence-electron chi connectivity index (χ3n) is 3.42. The van der Waals surface area contributed by atoms with E-state index in [1.165, 1.54) is 0 Å². The molecule has 0 aromatic heterocycles. The van der Waals surface area contributed by atoms with Crippen molar-refractivity contribution in [2.45, 2.75) is 25.0 Å². The van der Waals surface area contributed by atoms with Crippen molar-refractivity contribution in [3.63, 3.8) is 0 Å². The molecule has 4 heteroatoms. The van der Waals surface area contributed by atoms with Gasteiger partial charge in [0.15, 0.2) is 0 Å². The molecule has 1 N–H and O–H groups in total. The molecule has 1 aliphatic heterocycles. The van der Waals surface area contributed by atoms with Crippen molar-refractivity contribution in [2.75, 3.05) is 27.9 Å². The fourth-order valence-corrected chi connectivity index (χ4v) is 2.57. The molecule has 0 bridgehead atoms. The van der Waals surface area contributed by atoms with Gasteiger partial charge in [-0.15, -0.1) is 0 Å². The molecule has 0 aliphatic carbocycles. The fourth-order valence-electron chi connectivity index (χ4n) is 2.57. The topological polar surface area (TPSA) is 39.7 Å². The second-order valence-electron chi connectivity index (χ2n) is 4.39. The third kappa shape index (κ3) is 2.44. The number of hydrogen-bond donors (Lipinski definition) is 1. The van der Waals surface area contributed by atoms with Gasteiger partial charge in [0, 0.05) is 6.61 Å². The Morgan fingerprint density at radius 3 is 2.39 bits per heavy atom. The van der Waals surface area contributed by atoms with Crippen LogP contribution < -0.4 is 14.8 Å². The molecule has 1 fully saturated rings. The van der Waals surface area contributed by atoms with Crippen LogP contribution in [0.4, 0.5) is 0 Å². The minimum Gasteiger partial charge on any atom is -0.496 e. The molecule has 0 radical (unpaired) electrons. The molecule has 100 valence electrons. The minimum atomic E-state index is 0.0959. The lowest BCUT2D eigenvalue weighted by molar-refractivity contribution is 0.0790. The Balaban J connectivity index is 2.38. The maximum Gasteiger partial charge on any atom is 0.127 e. The van der Waals surface area contributed by atoms with Crippen LogP contribution >= 0.6 is 0 Å². The summed E-state index contributed by atoms with van der Waals surface area (Å²) in [6.45, 7) is 0.834. The summed E-state index contributed by atoms with van der Waals surface area (Å²) in [5.74, 6) is 1.67. The number of rotatable bonds is 5. The molecule has 1 aliphatic rings. The third-order valence-corrected chi connectivity index (χ3v) is 3.42. The summed E-state index contributed by atoms with van der Waals surface area (Å²) in [6.07, 6.45) is 2.35. The van der Waals surface area contributed by atoms with Crippen LogP contribution in [0.2, 0.25) is 0 Å². The first kappa shape index (κ1) is 13.2. The van der Waals surface area contributed by atoms with E-state index >= 15 is 0 Å². The summed E-state index contributed by atoms with van der Waals surface area (Å²) in [5, 5.41) is 3.32. The van der Waals surface area contributed by atoms with Crippen LogP contribution in [0.1, 0.15) is 24.4 Å². The molecule has 2 unspecified atom stereocenters. The van der Waals surface area contributed by atoms with E-state index in [-0.39, 0.29) is 12.1 Å². The molecule has 1 heterocycles. The number of hydrogen-bond acceptors (Lipinski definition) is 4. The van der Waals surface area contributed by atoms with E-state index in [0.717, 1.165) is 36.5 Å². The highest BCUT2D eigenvalue weighted by Gasteiger charge is 2.30. The normalized spacial score (nSPS) is 20.7. The number of nitrogens with one attached hydrogen (secondary N) is 1. The van der Waals surface area contributed by atoms with E-state index in [2.05, 4.69) is 5.32 Å². The molecule has 1 aromatic carbocycles. The second-order valence-corrected chi connectivity index (χ2v) is 4.39. The molecule has 1 saturated heterocycles. The van der Waals surface area contributed by atoms with Gasteiger partial charge in [-0.1, -0.05) is 6.07 Å². The molecular weight excluding hydrogens is 230 g/mol. The van der Waals surface area contributed by atoms with Crippen molar-refractivity contribution in [1.29, 1.82) is 0 Å². The van der Waals surface area contributed by atoms with E-state index in [1.54, 1.807) is 14.2 Å². The summed E-state index contributed by atoms with van der Waals surface area (Å²) in [5.41, 5.74) is 1.04. The Labute approximate surface area is 108 Å². The predicted molar refractivity (Wildman–Crippen MR) is 70.3 cm³/mol. The van der Waals surface area contributed by atoms with Gasteiger partial charge >= 0.3 is 0 Å². The first-order chi connectivity index (χ1) is 8.81. The highest BCUT2D eigenvalue weighted by atomic mass is 16.5. The SMILES string of the molecule is CNC(c1c(OC)cccc1OC)C1CCCO1. The van der Waals surface area contributed by atoms with E-state index in [9.17, 15) is 0 Å². The molecule has 1 aromatic rings. The zero-order valence-electron chi connectivity index (χ0n) is 11.2. The number of likely N-dealkylation sites (N-methyl/N-ethyl adjacent to an activating group) is 1. The molecule has 2 rings (SSSR count). The lowest BCUT2D eigenvalue weighted by Crippen LogP contribution is -2.29. The summed E-state index contributed by atoms with van der Waals surface area (Å²) in [4.78, 5) is 0. The Morgan fingerprint density at radius 2 is 1.94 bits per heavy atom. The van der Waals surface area contributed by atoms with Gasteiger partial charge in [0.25, 0.3) is 0 Å². The van der Waals surface area contributed by atoms with Crippen LogP contribution in [0.3, 0.4) is 0 Å². The van der Waals surface area contributed by atoms with Crippen molar-refractivity contribution < 1.29 is 14.2 Å². The highest BCUT2D eigenvalue weighted by molar-refractivity contribution is 5.47. The monoisotopic (exact) mass is 251 g/mol. The van der Waals surface area contributed by atoms with E-state index in [0.29, 0.717) is 0 Å². The molecule has 4 nitrogen and oxygen atoms in total. The van der Waals surface area contributed by atoms with E-state index < -0.39 is 0 Å². The van der Waals surface area contributed by atoms with E-state index in [4.69, 9.17) is 14.2 Å². The van der Waals surface area contributed by atoms with Gasteiger partial charge < -0.3 is 19.5 Å². The largest absolute Gasteiger partial charge is 0.496 e. The number of benzene rings is 1. The average Bonchev–Trinajstić information content (AvgIpc) is 2.93. The number of ether oxygens (including phenoxy) is 3. The molecule has 18 heavy (non-hydrogen) atoms. The molecule has 2 atom stereocenters. The first-order valence-electron chi connectivity index (χ1n) is 6.31. The Kier molecular flexibility index (Phi) is 4.44. The van der Waals surface area contributed by atoms with Crippen molar-refractivity contribution in [2.24, 2.45) is 0 Å². The first-order valence-corrected chi connectivity index (χ1v) is 6.31. The van der Waals surface area contributed by atoms with Crippen LogP contribution in [-0.4, -0.2) is 34.0 Å². The Morgan fingerprint density at radius 1 is 1.28 bits per heavy atom. The van der Waals surface area contributed by atoms with Crippen molar-refractivity contribution in [1.82, 2.24) is 5.32 Å². The fraction of sp³-hybridized carbons (Fsp3) is 0.571. The zero-order valence-corrected chi connectivity index (χ0v) is 11.2. The second kappa shape index (κ2) is 6.07. The Hall–Kier alpha value is -1.26. The van der Waals surface area contributed by atoms with Crippen molar-refractivity contribution in [3.05, 3.63) is 23.8 Å². The lowest BCUT2D eigenvalue weighted by atomic mass is 9.97. The van der Waals surface area contributed by atoms with Crippen molar-refractivity contribution in [3.8, 4) is 11.5 Å². The summed E-state index contributed by atoms with van der Waals surface area (Å²) in [7, 11) is 5.30. The predicted octanol–water partition coefficient (Wildman–Crippen LogP) is 2.14. The van der Waals surface area contributed by atoms with Crippen LogP contribution in [-0.2, 0) is 4.74 Å². The van der Waals surface area contributed by atoms with Crippen molar-refractivity contribution >= 4 is 0 Å². The van der Waals surface area contributed by atoms with Crippen LogP contribution in [0.15, 0.2) is 18.2 Å². The summed E-state index contributed by atoms with van der Waals surface area (Å²) in [6, 6.07) is 5.94. The summed E-state index contributed by atoms with van der Waals surface area (Å²) >= 11 is 0. The lowest BCUT2D eigenvalue weighted by Gasteiger charge is -2.26. The van der Waals surface area contributed by atoms with Crippen LogP contribution in [0.25, 0.3) is 0 Å². The van der Waals surface area contributed by atoms with Gasteiger partial charge in [-0.2, -0.15) is 0 Å². The van der Waals surface area contributed by atoms with E-state index in [1.807, 2.05) is 25.2 Å². The van der Waals surface area contributed by atoms with Gasteiger partial charge in [0.1, 0.15) is 11.5 Å². The van der Waals surface area contributed by atoms with Crippen LogP contribution in [0, 0.1) is 0 Å². The van der Waals surface area contributed by atoms with Gasteiger partial charge in [-0.3, -0.25) is 0 Å². The van der Waals surface area contributed by atoms with Crippen LogP contribution in [0.5, 0.6) is 11.5 Å². The average molecular weight is 251 g/mol. The highest BCUT2D eigenvalue weighted by Crippen LogP contribution is 2.38. The minimum absolute atomic E-state index is 0.0959. The molecule has 0 saturated carbocycles. The molecule has 0 spiro atoms.